The molecule has 23 heavy (non-hydrogen) atoms. The van der Waals surface area contributed by atoms with E-state index in [0.29, 0.717) is 32.4 Å². The zero-order valence-corrected chi connectivity index (χ0v) is 13.9. The third kappa shape index (κ3) is 7.47. The predicted octanol–water partition coefficient (Wildman–Crippen LogP) is -0.412. The first-order valence-corrected chi connectivity index (χ1v) is 8.13. The molecule has 1 aliphatic rings. The van der Waals surface area contributed by atoms with E-state index in [9.17, 15) is 19.2 Å². The van der Waals surface area contributed by atoms with Gasteiger partial charge in [0.2, 0.25) is 5.91 Å². The molecule has 0 bridgehead atoms. The average Bonchev–Trinajstić information content (AvgIpc) is 2.65. The van der Waals surface area contributed by atoms with Crippen LogP contribution in [0.3, 0.4) is 0 Å². The molecule has 1 saturated heterocycles. The predicted molar refractivity (Wildman–Crippen MR) is 86.0 cm³/mol. The van der Waals surface area contributed by atoms with Crippen molar-refractivity contribution in [2.24, 2.45) is 5.92 Å². The van der Waals surface area contributed by atoms with Gasteiger partial charge in [0.1, 0.15) is 17.3 Å². The smallest absolute Gasteiger partial charge is 0.227 e. The second-order valence-electron chi connectivity index (χ2n) is 5.99. The van der Waals surface area contributed by atoms with Crippen LogP contribution in [0, 0.1) is 5.92 Å². The van der Waals surface area contributed by atoms with Crippen LogP contribution in [0.5, 0.6) is 0 Å². The number of carbonyl (C=O) groups is 4. The summed E-state index contributed by atoms with van der Waals surface area (Å²) in [6.45, 7) is 2.82. The SMILES string of the molecule is CNCC[C@H](NCC(=O)CC[C@@H]1CCNC(=O)CC1=O)C(C)=O. The Bertz CT molecular complexity index is 451. The van der Waals surface area contributed by atoms with Crippen molar-refractivity contribution in [2.45, 2.75) is 45.1 Å². The van der Waals surface area contributed by atoms with Gasteiger partial charge in [0, 0.05) is 18.9 Å². The number of nitrogens with one attached hydrogen (secondary N) is 3. The number of Topliss-reactive ketones (excluding diaryl/α,β-unsaturated/α-hetero) is 3. The summed E-state index contributed by atoms with van der Waals surface area (Å²) in [7, 11) is 1.81. The Morgan fingerprint density at radius 1 is 1.35 bits per heavy atom. The zero-order valence-electron chi connectivity index (χ0n) is 13.9. The molecule has 3 N–H and O–H groups in total. The highest BCUT2D eigenvalue weighted by Gasteiger charge is 2.25. The molecule has 7 heteroatoms. The van der Waals surface area contributed by atoms with E-state index in [4.69, 9.17) is 0 Å². The Balaban J connectivity index is 2.34. The molecular weight excluding hydrogens is 298 g/mol. The molecule has 130 valence electrons. The minimum Gasteiger partial charge on any atom is -0.356 e. The quantitative estimate of drug-likeness (QED) is 0.472. The molecule has 1 heterocycles. The summed E-state index contributed by atoms with van der Waals surface area (Å²) in [5.41, 5.74) is 0. The molecule has 0 saturated carbocycles. The molecule has 1 amide bonds. The van der Waals surface area contributed by atoms with Crippen molar-refractivity contribution < 1.29 is 19.2 Å². The monoisotopic (exact) mass is 325 g/mol. The van der Waals surface area contributed by atoms with Crippen molar-refractivity contribution >= 4 is 23.3 Å². The summed E-state index contributed by atoms with van der Waals surface area (Å²) in [6.07, 6.45) is 1.88. The fourth-order valence-electron chi connectivity index (χ4n) is 2.62. The van der Waals surface area contributed by atoms with Gasteiger partial charge >= 0.3 is 0 Å². The number of amides is 1. The largest absolute Gasteiger partial charge is 0.356 e. The van der Waals surface area contributed by atoms with E-state index in [1.54, 1.807) is 0 Å². The first-order valence-electron chi connectivity index (χ1n) is 8.13. The number of hydrogen-bond acceptors (Lipinski definition) is 6. The maximum absolute atomic E-state index is 12.0. The Morgan fingerprint density at radius 2 is 2.09 bits per heavy atom. The van der Waals surface area contributed by atoms with Crippen molar-refractivity contribution in [1.29, 1.82) is 0 Å². The van der Waals surface area contributed by atoms with Gasteiger partial charge in [0.25, 0.3) is 0 Å². The maximum Gasteiger partial charge on any atom is 0.227 e. The molecule has 0 spiro atoms. The normalized spacial score (nSPS) is 19.8. The van der Waals surface area contributed by atoms with E-state index >= 15 is 0 Å². The van der Waals surface area contributed by atoms with Gasteiger partial charge in [0.05, 0.1) is 19.0 Å². The highest BCUT2D eigenvalue weighted by Crippen LogP contribution is 2.16. The lowest BCUT2D eigenvalue weighted by atomic mass is 9.93. The Hall–Kier alpha value is -1.60. The van der Waals surface area contributed by atoms with Crippen LogP contribution in [0.1, 0.15) is 39.0 Å². The van der Waals surface area contributed by atoms with Crippen LogP contribution in [-0.2, 0) is 19.2 Å². The molecule has 1 rings (SSSR count). The molecule has 7 nitrogen and oxygen atoms in total. The third-order valence-electron chi connectivity index (χ3n) is 4.10. The van der Waals surface area contributed by atoms with Gasteiger partial charge in [0.15, 0.2) is 0 Å². The summed E-state index contributed by atoms with van der Waals surface area (Å²) in [4.78, 5) is 46.6. The topological polar surface area (TPSA) is 104 Å². The fraction of sp³-hybridized carbons (Fsp3) is 0.750. The number of ketones is 3. The number of carbonyl (C=O) groups excluding carboxylic acids is 4. The van der Waals surface area contributed by atoms with Crippen LogP contribution in [0.4, 0.5) is 0 Å². The van der Waals surface area contributed by atoms with Gasteiger partial charge in [-0.3, -0.25) is 19.2 Å². The number of rotatable bonds is 10. The second-order valence-corrected chi connectivity index (χ2v) is 5.99. The molecule has 0 aliphatic carbocycles. The Kier molecular flexibility index (Phi) is 8.65. The van der Waals surface area contributed by atoms with Gasteiger partial charge in [-0.05, 0) is 39.8 Å². The van der Waals surface area contributed by atoms with Crippen LogP contribution in [0.15, 0.2) is 0 Å². The van der Waals surface area contributed by atoms with Crippen molar-refractivity contribution in [3.63, 3.8) is 0 Å². The molecule has 0 radical (unpaired) electrons. The van der Waals surface area contributed by atoms with E-state index in [1.165, 1.54) is 6.92 Å². The molecule has 0 aromatic heterocycles. The minimum atomic E-state index is -0.326. The van der Waals surface area contributed by atoms with E-state index < -0.39 is 0 Å². The first kappa shape index (κ1) is 19.4. The van der Waals surface area contributed by atoms with Crippen LogP contribution in [-0.4, -0.2) is 56.0 Å². The minimum absolute atomic E-state index is 0.0107. The standard InChI is InChI=1S/C16H27N3O4/c1-11(20)14(6-7-17-2)19-10-13(21)4-3-12-5-8-18-16(23)9-15(12)22/h12,14,17,19H,3-10H2,1-2H3,(H,18,23)/t12-,14+/m1/s1. The molecule has 2 atom stereocenters. The van der Waals surface area contributed by atoms with Gasteiger partial charge in [-0.1, -0.05) is 0 Å². The zero-order chi connectivity index (χ0) is 17.2. The summed E-state index contributed by atoms with van der Waals surface area (Å²) >= 11 is 0. The molecule has 0 unspecified atom stereocenters. The summed E-state index contributed by atoms with van der Waals surface area (Å²) in [5.74, 6) is -0.560. The molecular formula is C16H27N3O4. The molecule has 0 aromatic carbocycles. The first-order chi connectivity index (χ1) is 10.9. The lowest BCUT2D eigenvalue weighted by Crippen LogP contribution is -2.40. The van der Waals surface area contributed by atoms with Gasteiger partial charge < -0.3 is 16.0 Å². The lowest BCUT2D eigenvalue weighted by molar-refractivity contribution is -0.129. The van der Waals surface area contributed by atoms with Crippen molar-refractivity contribution in [3.8, 4) is 0 Å². The lowest BCUT2D eigenvalue weighted by Gasteiger charge is -2.16. The van der Waals surface area contributed by atoms with Crippen LogP contribution < -0.4 is 16.0 Å². The van der Waals surface area contributed by atoms with Crippen molar-refractivity contribution in [1.82, 2.24) is 16.0 Å². The third-order valence-corrected chi connectivity index (χ3v) is 4.10. The van der Waals surface area contributed by atoms with Crippen LogP contribution >= 0.6 is 0 Å². The van der Waals surface area contributed by atoms with Crippen LogP contribution in [0.2, 0.25) is 0 Å². The van der Waals surface area contributed by atoms with Crippen molar-refractivity contribution in [2.75, 3.05) is 26.7 Å². The maximum atomic E-state index is 12.0. The number of hydrogen-bond donors (Lipinski definition) is 3. The second kappa shape index (κ2) is 10.2. The summed E-state index contributed by atoms with van der Waals surface area (Å²) in [6, 6.07) is -0.326. The summed E-state index contributed by atoms with van der Waals surface area (Å²) in [5, 5.41) is 8.62. The molecule has 1 fully saturated rings. The van der Waals surface area contributed by atoms with E-state index in [2.05, 4.69) is 16.0 Å². The highest BCUT2D eigenvalue weighted by molar-refractivity contribution is 6.00. The Labute approximate surface area is 137 Å². The average molecular weight is 325 g/mol. The molecule has 0 aromatic rings. The highest BCUT2D eigenvalue weighted by atomic mass is 16.2. The van der Waals surface area contributed by atoms with Gasteiger partial charge in [-0.2, -0.15) is 0 Å². The van der Waals surface area contributed by atoms with Crippen molar-refractivity contribution in [3.05, 3.63) is 0 Å². The molecule has 1 aliphatic heterocycles. The van der Waals surface area contributed by atoms with E-state index in [1.807, 2.05) is 7.05 Å². The van der Waals surface area contributed by atoms with E-state index in [-0.39, 0.29) is 54.6 Å². The van der Waals surface area contributed by atoms with Gasteiger partial charge in [-0.25, -0.2) is 0 Å². The summed E-state index contributed by atoms with van der Waals surface area (Å²) < 4.78 is 0. The Morgan fingerprint density at radius 3 is 2.74 bits per heavy atom. The van der Waals surface area contributed by atoms with Gasteiger partial charge in [-0.15, -0.1) is 0 Å². The fourth-order valence-corrected chi connectivity index (χ4v) is 2.62. The van der Waals surface area contributed by atoms with E-state index in [0.717, 1.165) is 0 Å². The van der Waals surface area contributed by atoms with Crippen LogP contribution in [0.25, 0.3) is 0 Å².